The van der Waals surface area contributed by atoms with Crippen LogP contribution in [0.5, 0.6) is 0 Å². The van der Waals surface area contributed by atoms with Gasteiger partial charge in [-0.05, 0) is 73.1 Å². The van der Waals surface area contributed by atoms with Gasteiger partial charge in [-0.2, -0.15) is 0 Å². The number of benzene rings is 1. The third-order valence-electron chi connectivity index (χ3n) is 6.62. The van der Waals surface area contributed by atoms with E-state index in [2.05, 4.69) is 27.8 Å². The van der Waals surface area contributed by atoms with Crippen molar-refractivity contribution in [3.05, 3.63) is 77.7 Å². The molecule has 1 aromatic carbocycles. The minimum absolute atomic E-state index is 0.368. The second-order valence-electron chi connectivity index (χ2n) is 9.33. The fraction of sp³-hybridized carbons (Fsp3) is 0.379. The number of aliphatic carboxylic acids is 1. The van der Waals surface area contributed by atoms with Crippen molar-refractivity contribution in [3.8, 4) is 11.1 Å². The number of hydrogen-bond donors (Lipinski definition) is 3. The smallest absolute Gasteiger partial charge is 0.326 e. The molecule has 1 atom stereocenters. The van der Waals surface area contributed by atoms with Gasteiger partial charge in [0, 0.05) is 30.2 Å². The molecule has 1 aliphatic rings. The second-order valence-corrected chi connectivity index (χ2v) is 9.33. The number of nitrogens with one attached hydrogen (secondary N) is 2. The van der Waals surface area contributed by atoms with E-state index in [1.807, 2.05) is 24.3 Å². The van der Waals surface area contributed by atoms with Crippen LogP contribution in [0.2, 0.25) is 0 Å². The number of nitrogens with zero attached hydrogens (tertiary/aromatic N) is 2. The number of aromatic nitrogens is 2. The summed E-state index contributed by atoms with van der Waals surface area (Å²) >= 11 is 0. The maximum Gasteiger partial charge on any atom is 0.326 e. The number of carbonyl (C=O) groups is 2. The van der Waals surface area contributed by atoms with Gasteiger partial charge in [-0.25, -0.2) is 9.78 Å². The van der Waals surface area contributed by atoms with Gasteiger partial charge in [0.05, 0.1) is 0 Å². The molecule has 1 amide bonds. The number of aryl methyl sites for hydroxylation is 2. The molecule has 2 aromatic heterocycles. The molecule has 7 nitrogen and oxygen atoms in total. The van der Waals surface area contributed by atoms with E-state index < -0.39 is 12.0 Å². The first-order valence-corrected chi connectivity index (χ1v) is 12.9. The average Bonchev–Trinajstić information content (AvgIpc) is 2.92. The lowest BCUT2D eigenvalue weighted by Crippen LogP contribution is -2.40. The Hall–Kier alpha value is -3.74. The van der Waals surface area contributed by atoms with E-state index in [1.54, 1.807) is 24.5 Å². The third kappa shape index (κ3) is 7.13. The maximum atomic E-state index is 12.6. The van der Waals surface area contributed by atoms with E-state index >= 15 is 0 Å². The molecule has 36 heavy (non-hydrogen) atoms. The average molecular weight is 487 g/mol. The zero-order chi connectivity index (χ0) is 25.2. The molecule has 0 saturated heterocycles. The lowest BCUT2D eigenvalue weighted by atomic mass is 10.0. The Labute approximate surface area is 212 Å². The van der Waals surface area contributed by atoms with Crippen LogP contribution < -0.4 is 10.6 Å². The highest BCUT2D eigenvalue weighted by Gasteiger charge is 2.20. The summed E-state index contributed by atoms with van der Waals surface area (Å²) in [7, 11) is 0. The first kappa shape index (κ1) is 25.4. The van der Waals surface area contributed by atoms with Crippen molar-refractivity contribution in [2.75, 3.05) is 11.9 Å². The molecule has 0 radical (unpaired) electrons. The molecule has 0 unspecified atom stereocenters. The van der Waals surface area contributed by atoms with Crippen LogP contribution in [-0.4, -0.2) is 39.5 Å². The predicted molar refractivity (Wildman–Crippen MR) is 141 cm³/mol. The van der Waals surface area contributed by atoms with Crippen LogP contribution in [0.3, 0.4) is 0 Å². The molecule has 7 heteroatoms. The zero-order valence-electron chi connectivity index (χ0n) is 20.6. The number of carbonyl (C=O) groups excluding carboxylic acids is 1. The number of anilines is 1. The van der Waals surface area contributed by atoms with Gasteiger partial charge in [0.25, 0.3) is 5.91 Å². The van der Waals surface area contributed by atoms with Crippen molar-refractivity contribution < 1.29 is 14.7 Å². The van der Waals surface area contributed by atoms with Gasteiger partial charge in [0.15, 0.2) is 0 Å². The highest BCUT2D eigenvalue weighted by Crippen LogP contribution is 2.21. The topological polar surface area (TPSA) is 104 Å². The summed E-state index contributed by atoms with van der Waals surface area (Å²) < 4.78 is 0. The maximum absolute atomic E-state index is 12.6. The quantitative estimate of drug-likeness (QED) is 0.301. The molecule has 0 aliphatic carbocycles. The fourth-order valence-electron chi connectivity index (χ4n) is 4.54. The highest BCUT2D eigenvalue weighted by atomic mass is 16.4. The first-order valence-electron chi connectivity index (χ1n) is 12.9. The van der Waals surface area contributed by atoms with Gasteiger partial charge in [0.1, 0.15) is 11.9 Å². The largest absolute Gasteiger partial charge is 0.480 e. The predicted octanol–water partition coefficient (Wildman–Crippen LogP) is 5.27. The zero-order valence-corrected chi connectivity index (χ0v) is 20.6. The van der Waals surface area contributed by atoms with E-state index in [0.29, 0.717) is 12.0 Å². The standard InChI is InChI=1S/C29H34N4O3/c34-28(23-14-12-21(13-15-23)24-9-6-18-30-20-24)33-26(29(35)36)11-5-3-1-2-4-10-25-17-16-22-8-7-19-31-27(22)32-25/h6,9,12-18,20,26H,1-5,7-8,10-11,19H2,(H,31,32)(H,33,34)(H,35,36)/t26-/m0/s1. The van der Waals surface area contributed by atoms with Crippen molar-refractivity contribution in [2.24, 2.45) is 0 Å². The Morgan fingerprint density at radius 3 is 2.56 bits per heavy atom. The lowest BCUT2D eigenvalue weighted by Gasteiger charge is -2.17. The summed E-state index contributed by atoms with van der Waals surface area (Å²) in [6.45, 7) is 1.000. The Kier molecular flexibility index (Phi) is 9.03. The van der Waals surface area contributed by atoms with Crippen LogP contribution in [0.15, 0.2) is 60.9 Å². The molecule has 188 valence electrons. The van der Waals surface area contributed by atoms with Crippen LogP contribution >= 0.6 is 0 Å². The number of pyridine rings is 2. The summed E-state index contributed by atoms with van der Waals surface area (Å²) in [6.07, 6.45) is 12.0. The Morgan fingerprint density at radius 1 is 0.972 bits per heavy atom. The van der Waals surface area contributed by atoms with Crippen molar-refractivity contribution in [2.45, 2.75) is 63.8 Å². The van der Waals surface area contributed by atoms with Gasteiger partial charge in [-0.3, -0.25) is 9.78 Å². The Bertz CT molecular complexity index is 1150. The molecular weight excluding hydrogens is 452 g/mol. The van der Waals surface area contributed by atoms with Gasteiger partial charge in [-0.1, -0.05) is 49.9 Å². The number of rotatable bonds is 12. The summed E-state index contributed by atoms with van der Waals surface area (Å²) in [5.41, 5.74) is 4.80. The van der Waals surface area contributed by atoms with E-state index in [1.165, 1.54) is 12.0 Å². The minimum atomic E-state index is -0.998. The van der Waals surface area contributed by atoms with Crippen molar-refractivity contribution >= 4 is 17.7 Å². The van der Waals surface area contributed by atoms with Crippen LogP contribution in [0, 0.1) is 0 Å². The first-order chi connectivity index (χ1) is 17.6. The SMILES string of the molecule is O=C(N[C@@H](CCCCCCCc1ccc2c(n1)NCCC2)C(=O)O)c1ccc(-c2cccnc2)cc1. The monoisotopic (exact) mass is 486 g/mol. The molecule has 3 heterocycles. The van der Waals surface area contributed by atoms with E-state index in [4.69, 9.17) is 4.98 Å². The summed E-state index contributed by atoms with van der Waals surface area (Å²) in [4.78, 5) is 33.2. The molecule has 3 N–H and O–H groups in total. The van der Waals surface area contributed by atoms with E-state index in [9.17, 15) is 14.7 Å². The molecule has 0 fully saturated rings. The molecule has 0 saturated carbocycles. The summed E-state index contributed by atoms with van der Waals surface area (Å²) in [5.74, 6) is -0.320. The molecule has 4 rings (SSSR count). The van der Waals surface area contributed by atoms with Crippen LogP contribution in [-0.2, 0) is 17.6 Å². The van der Waals surface area contributed by atoms with Gasteiger partial charge >= 0.3 is 5.97 Å². The Balaban J connectivity index is 1.15. The minimum Gasteiger partial charge on any atom is -0.480 e. The molecular formula is C29H34N4O3. The normalized spacial score (nSPS) is 13.3. The van der Waals surface area contributed by atoms with Gasteiger partial charge in [-0.15, -0.1) is 0 Å². The van der Waals surface area contributed by atoms with Gasteiger partial charge < -0.3 is 15.7 Å². The van der Waals surface area contributed by atoms with E-state index in [0.717, 1.165) is 74.1 Å². The summed E-state index contributed by atoms with van der Waals surface area (Å²) in [5, 5.41) is 15.6. The van der Waals surface area contributed by atoms with E-state index in [-0.39, 0.29) is 5.91 Å². The fourth-order valence-corrected chi connectivity index (χ4v) is 4.54. The molecule has 1 aliphatic heterocycles. The molecule has 0 bridgehead atoms. The van der Waals surface area contributed by atoms with Crippen molar-refractivity contribution in [3.63, 3.8) is 0 Å². The molecule has 3 aromatic rings. The number of amides is 1. The number of fused-ring (bicyclic) bond motifs is 1. The van der Waals surface area contributed by atoms with Crippen LogP contribution in [0.4, 0.5) is 5.82 Å². The summed E-state index contributed by atoms with van der Waals surface area (Å²) in [6, 6.07) is 14.4. The molecule has 0 spiro atoms. The number of unbranched alkanes of at least 4 members (excludes halogenated alkanes) is 4. The Morgan fingerprint density at radius 2 is 1.78 bits per heavy atom. The number of carboxylic acids is 1. The third-order valence-corrected chi connectivity index (χ3v) is 6.62. The second kappa shape index (κ2) is 12.8. The van der Waals surface area contributed by atoms with Crippen LogP contribution in [0.1, 0.15) is 66.6 Å². The number of hydrogen-bond acceptors (Lipinski definition) is 5. The highest BCUT2D eigenvalue weighted by molar-refractivity contribution is 5.97. The van der Waals surface area contributed by atoms with Crippen molar-refractivity contribution in [1.82, 2.24) is 15.3 Å². The van der Waals surface area contributed by atoms with Crippen molar-refractivity contribution in [1.29, 1.82) is 0 Å². The van der Waals surface area contributed by atoms with Crippen LogP contribution in [0.25, 0.3) is 11.1 Å². The van der Waals surface area contributed by atoms with Gasteiger partial charge in [0.2, 0.25) is 0 Å². The number of carboxylic acid groups (broad SMARTS) is 1. The lowest BCUT2D eigenvalue weighted by molar-refractivity contribution is -0.139.